The highest BCUT2D eigenvalue weighted by Crippen LogP contribution is 2.26. The van der Waals surface area contributed by atoms with Gasteiger partial charge < -0.3 is 9.80 Å². The van der Waals surface area contributed by atoms with Crippen LogP contribution < -0.4 is 0 Å². The molecule has 0 spiro atoms. The molecule has 1 aromatic heterocycles. The van der Waals surface area contributed by atoms with Crippen molar-refractivity contribution in [2.24, 2.45) is 11.8 Å². The summed E-state index contributed by atoms with van der Waals surface area (Å²) in [5.41, 5.74) is 1.08. The van der Waals surface area contributed by atoms with Crippen molar-refractivity contribution in [1.29, 1.82) is 0 Å². The lowest BCUT2D eigenvalue weighted by Crippen LogP contribution is -2.49. The van der Waals surface area contributed by atoms with E-state index in [1.54, 1.807) is 16.2 Å². The number of aromatic nitrogens is 1. The van der Waals surface area contributed by atoms with Crippen molar-refractivity contribution in [2.75, 3.05) is 26.2 Å². The summed E-state index contributed by atoms with van der Waals surface area (Å²) in [4.78, 5) is 33.2. The molecule has 2 unspecified atom stereocenters. The van der Waals surface area contributed by atoms with Gasteiger partial charge in [0, 0.05) is 43.7 Å². The summed E-state index contributed by atoms with van der Waals surface area (Å²) in [5.74, 6) is 0.603. The smallest absolute Gasteiger partial charge is 0.245 e. The van der Waals surface area contributed by atoms with Gasteiger partial charge in [-0.05, 0) is 44.6 Å². The second kappa shape index (κ2) is 8.13. The van der Waals surface area contributed by atoms with E-state index in [4.69, 9.17) is 0 Å². The average Bonchev–Trinajstić information content (AvgIpc) is 3.05. The lowest BCUT2D eigenvalue weighted by Gasteiger charge is -2.38. The molecular formula is C19H27N3O2S. The van der Waals surface area contributed by atoms with Crippen molar-refractivity contribution in [2.45, 2.75) is 39.0 Å². The highest BCUT2D eigenvalue weighted by Gasteiger charge is 2.33. The summed E-state index contributed by atoms with van der Waals surface area (Å²) >= 11 is 1.72. The minimum Gasteiger partial charge on any atom is -0.342 e. The average molecular weight is 362 g/mol. The van der Waals surface area contributed by atoms with Gasteiger partial charge in [-0.15, -0.1) is 11.3 Å². The Morgan fingerprint density at radius 1 is 1.28 bits per heavy atom. The molecule has 2 atom stereocenters. The number of carbonyl (C=O) groups excluding carboxylic acids is 2. The van der Waals surface area contributed by atoms with E-state index in [2.05, 4.69) is 16.9 Å². The van der Waals surface area contributed by atoms with Gasteiger partial charge in [0.05, 0.1) is 10.9 Å². The van der Waals surface area contributed by atoms with E-state index in [0.29, 0.717) is 12.5 Å². The third kappa shape index (κ3) is 4.48. The molecule has 0 aliphatic carbocycles. The molecule has 2 saturated heterocycles. The summed E-state index contributed by atoms with van der Waals surface area (Å²) in [6.07, 6.45) is 6.31. The van der Waals surface area contributed by atoms with Crippen LogP contribution in [0.3, 0.4) is 0 Å². The fraction of sp³-hybridized carbons (Fsp3) is 0.632. The Labute approximate surface area is 153 Å². The summed E-state index contributed by atoms with van der Waals surface area (Å²) in [5, 5.41) is 3.27. The maximum atomic E-state index is 13.0. The molecule has 2 fully saturated rings. The Hall–Kier alpha value is -1.69. The van der Waals surface area contributed by atoms with Crippen LogP contribution in [-0.4, -0.2) is 52.8 Å². The van der Waals surface area contributed by atoms with Crippen LogP contribution in [0.15, 0.2) is 18.0 Å². The maximum absolute atomic E-state index is 13.0. The van der Waals surface area contributed by atoms with Gasteiger partial charge >= 0.3 is 0 Å². The van der Waals surface area contributed by atoms with E-state index in [-0.39, 0.29) is 17.7 Å². The largest absolute Gasteiger partial charge is 0.342 e. The summed E-state index contributed by atoms with van der Waals surface area (Å²) in [7, 11) is 0. The maximum Gasteiger partial charge on any atom is 0.245 e. The molecule has 2 aliphatic rings. The molecule has 3 rings (SSSR count). The van der Waals surface area contributed by atoms with Crippen LogP contribution in [-0.2, 0) is 16.0 Å². The molecule has 25 heavy (non-hydrogen) atoms. The predicted molar refractivity (Wildman–Crippen MR) is 99.4 cm³/mol. The van der Waals surface area contributed by atoms with E-state index in [1.165, 1.54) is 11.1 Å². The third-order valence-corrected chi connectivity index (χ3v) is 6.21. The van der Waals surface area contributed by atoms with Crippen LogP contribution in [0, 0.1) is 18.8 Å². The molecule has 0 bridgehead atoms. The second-order valence-electron chi connectivity index (χ2n) is 7.21. The van der Waals surface area contributed by atoms with Crippen molar-refractivity contribution >= 4 is 23.2 Å². The number of hydrogen-bond acceptors (Lipinski definition) is 4. The quantitative estimate of drug-likeness (QED) is 0.775. The fourth-order valence-electron chi connectivity index (χ4n) is 3.94. The van der Waals surface area contributed by atoms with E-state index >= 15 is 0 Å². The first-order valence-electron chi connectivity index (χ1n) is 9.18. The highest BCUT2D eigenvalue weighted by molar-refractivity contribution is 7.09. The van der Waals surface area contributed by atoms with Gasteiger partial charge in [-0.2, -0.15) is 0 Å². The number of nitrogens with zero attached hydrogens (tertiary/aromatic N) is 3. The van der Waals surface area contributed by atoms with Crippen molar-refractivity contribution in [1.82, 2.24) is 14.8 Å². The predicted octanol–water partition coefficient (Wildman–Crippen LogP) is 2.66. The lowest BCUT2D eigenvalue weighted by atomic mass is 9.91. The molecule has 3 heterocycles. The number of amides is 2. The molecule has 6 heteroatoms. The van der Waals surface area contributed by atoms with Crippen molar-refractivity contribution in [3.05, 3.63) is 28.7 Å². The van der Waals surface area contributed by atoms with E-state index in [0.717, 1.165) is 57.4 Å². The summed E-state index contributed by atoms with van der Waals surface area (Å²) in [6, 6.07) is 0. The van der Waals surface area contributed by atoms with Gasteiger partial charge in [0.25, 0.3) is 0 Å². The van der Waals surface area contributed by atoms with Crippen LogP contribution in [0.25, 0.3) is 0 Å². The third-order valence-electron chi connectivity index (χ3n) is 5.22. The molecule has 0 aromatic carbocycles. The second-order valence-corrected chi connectivity index (χ2v) is 8.15. The zero-order valence-electron chi connectivity index (χ0n) is 14.9. The fourth-order valence-corrected chi connectivity index (χ4v) is 4.83. The first-order valence-corrected chi connectivity index (χ1v) is 10.1. The number of hydrogen-bond donors (Lipinski definition) is 0. The molecule has 136 valence electrons. The Morgan fingerprint density at radius 3 is 2.76 bits per heavy atom. The van der Waals surface area contributed by atoms with Crippen molar-refractivity contribution in [3.8, 4) is 0 Å². The Balaban J connectivity index is 1.57. The van der Waals surface area contributed by atoms with Gasteiger partial charge in [0.1, 0.15) is 0 Å². The van der Waals surface area contributed by atoms with Crippen LogP contribution in [0.1, 0.15) is 36.4 Å². The van der Waals surface area contributed by atoms with Crippen LogP contribution in [0.2, 0.25) is 0 Å². The van der Waals surface area contributed by atoms with Gasteiger partial charge in [0.15, 0.2) is 0 Å². The molecule has 0 radical (unpaired) electrons. The molecule has 0 saturated carbocycles. The highest BCUT2D eigenvalue weighted by atomic mass is 32.1. The zero-order valence-corrected chi connectivity index (χ0v) is 15.8. The number of rotatable bonds is 4. The van der Waals surface area contributed by atoms with Crippen molar-refractivity contribution < 1.29 is 9.59 Å². The number of carbonyl (C=O) groups is 2. The number of piperidine rings is 2. The van der Waals surface area contributed by atoms with Gasteiger partial charge in [0.2, 0.25) is 11.8 Å². The van der Waals surface area contributed by atoms with Gasteiger partial charge in [-0.1, -0.05) is 6.58 Å². The molecule has 0 N–H and O–H groups in total. The van der Waals surface area contributed by atoms with Crippen LogP contribution in [0.5, 0.6) is 0 Å². The number of aryl methyl sites for hydroxylation is 1. The zero-order chi connectivity index (χ0) is 17.8. The molecule has 2 amide bonds. The Bertz CT molecular complexity index is 642. The van der Waals surface area contributed by atoms with E-state index < -0.39 is 0 Å². The first kappa shape index (κ1) is 18.1. The number of thiazole rings is 1. The van der Waals surface area contributed by atoms with Crippen LogP contribution in [0.4, 0.5) is 0 Å². The molecule has 2 aliphatic heterocycles. The van der Waals surface area contributed by atoms with Crippen molar-refractivity contribution in [3.63, 3.8) is 0 Å². The number of likely N-dealkylation sites (tertiary alicyclic amines) is 2. The SMILES string of the molecule is C=CC(=O)N1CCCC(C(=O)N2CCCC(Cc3nc(C)cs3)C2)C1. The summed E-state index contributed by atoms with van der Waals surface area (Å²) < 4.78 is 0. The first-order chi connectivity index (χ1) is 12.1. The monoisotopic (exact) mass is 361 g/mol. The lowest BCUT2D eigenvalue weighted by molar-refractivity contribution is -0.141. The molecular weight excluding hydrogens is 334 g/mol. The van der Waals surface area contributed by atoms with E-state index in [9.17, 15) is 9.59 Å². The standard InChI is InChI=1S/C19H27N3O2S/c1-3-18(23)21-8-5-7-16(12-21)19(24)22-9-4-6-15(11-22)10-17-20-14(2)13-25-17/h3,13,15-16H,1,4-12H2,2H3. The van der Waals surface area contributed by atoms with Crippen LogP contribution >= 0.6 is 11.3 Å². The normalized spacial score (nSPS) is 24.2. The minimum atomic E-state index is -0.0619. The molecule has 1 aromatic rings. The Morgan fingerprint density at radius 2 is 2.04 bits per heavy atom. The van der Waals surface area contributed by atoms with Gasteiger partial charge in [-0.25, -0.2) is 4.98 Å². The Kier molecular flexibility index (Phi) is 5.89. The van der Waals surface area contributed by atoms with E-state index in [1.807, 2.05) is 11.8 Å². The topological polar surface area (TPSA) is 53.5 Å². The van der Waals surface area contributed by atoms with Gasteiger partial charge in [-0.3, -0.25) is 9.59 Å². The molecule has 5 nitrogen and oxygen atoms in total. The minimum absolute atomic E-state index is 0.0569. The summed E-state index contributed by atoms with van der Waals surface area (Å²) in [6.45, 7) is 8.52.